The van der Waals surface area contributed by atoms with E-state index in [1.807, 2.05) is 6.92 Å². The molecule has 22 heavy (non-hydrogen) atoms. The highest BCUT2D eigenvalue weighted by Crippen LogP contribution is 2.49. The van der Waals surface area contributed by atoms with Gasteiger partial charge in [0, 0.05) is 11.5 Å². The number of fused-ring (bicyclic) bond motifs is 2. The first-order chi connectivity index (χ1) is 10.1. The van der Waals surface area contributed by atoms with Crippen molar-refractivity contribution in [2.24, 2.45) is 17.8 Å². The van der Waals surface area contributed by atoms with Crippen LogP contribution in [0.3, 0.4) is 0 Å². The second kappa shape index (κ2) is 4.87. The second-order valence-electron chi connectivity index (χ2n) is 7.63. The molecule has 0 aromatic rings. The van der Waals surface area contributed by atoms with E-state index in [0.717, 1.165) is 19.3 Å². The zero-order chi connectivity index (χ0) is 16.3. The van der Waals surface area contributed by atoms with Gasteiger partial charge in [0.1, 0.15) is 0 Å². The van der Waals surface area contributed by atoms with Crippen LogP contribution in [-0.2, 0) is 9.59 Å². The summed E-state index contributed by atoms with van der Waals surface area (Å²) in [5.41, 5.74) is -2.66. The van der Waals surface area contributed by atoms with Gasteiger partial charge in [0.2, 0.25) is 0 Å². The molecule has 0 heterocycles. The zero-order valence-electron chi connectivity index (χ0n) is 13.4. The molecule has 5 unspecified atom stereocenters. The minimum atomic E-state index is -1.88. The number of ketones is 2. The number of carbonyl (C=O) groups is 2. The summed E-state index contributed by atoms with van der Waals surface area (Å²) in [6.45, 7) is 5.07. The maximum absolute atomic E-state index is 12.8. The lowest BCUT2D eigenvalue weighted by Crippen LogP contribution is -2.42. The van der Waals surface area contributed by atoms with Crippen molar-refractivity contribution in [3.63, 3.8) is 0 Å². The first-order valence-corrected chi connectivity index (χ1v) is 8.10. The number of Topliss-reactive ketones (excluding diaryl/α,β-unsaturated/α-hetero) is 2. The Bertz CT molecular complexity index is 598. The molecule has 0 aliphatic heterocycles. The van der Waals surface area contributed by atoms with E-state index < -0.39 is 11.2 Å². The molecule has 4 nitrogen and oxygen atoms in total. The number of hydrogen-bond donors (Lipinski definition) is 2. The lowest BCUT2D eigenvalue weighted by Gasteiger charge is -2.27. The van der Waals surface area contributed by atoms with Crippen LogP contribution in [-0.4, -0.2) is 33.0 Å². The van der Waals surface area contributed by atoms with E-state index in [1.165, 1.54) is 12.2 Å². The lowest BCUT2D eigenvalue weighted by molar-refractivity contribution is -0.135. The molecule has 0 aromatic heterocycles. The predicted octanol–water partition coefficient (Wildman–Crippen LogP) is 1.95. The Labute approximate surface area is 130 Å². The molecular weight excluding hydrogens is 280 g/mol. The number of hydrogen-bond acceptors (Lipinski definition) is 4. The first-order valence-electron chi connectivity index (χ1n) is 8.10. The van der Waals surface area contributed by atoms with Gasteiger partial charge in [-0.15, -0.1) is 0 Å². The molecular formula is C18H24O4. The SMILES string of the molecule is CC1=CC2(O)C(=O)C(C)CC3CC3CCC(C)(O)C=C2C1=O. The van der Waals surface area contributed by atoms with E-state index in [0.29, 0.717) is 23.8 Å². The largest absolute Gasteiger partial charge is 0.386 e. The van der Waals surface area contributed by atoms with Crippen LogP contribution in [0.4, 0.5) is 0 Å². The minimum Gasteiger partial charge on any atom is -0.386 e. The molecule has 0 bridgehead atoms. The van der Waals surface area contributed by atoms with Crippen molar-refractivity contribution in [2.75, 3.05) is 0 Å². The van der Waals surface area contributed by atoms with Crippen LogP contribution in [0.25, 0.3) is 0 Å². The third kappa shape index (κ3) is 2.48. The summed E-state index contributed by atoms with van der Waals surface area (Å²) in [5, 5.41) is 21.5. The maximum Gasteiger partial charge on any atom is 0.188 e. The molecule has 3 rings (SSSR count). The van der Waals surface area contributed by atoms with Crippen molar-refractivity contribution in [1.29, 1.82) is 0 Å². The fourth-order valence-corrected chi connectivity index (χ4v) is 3.97. The van der Waals surface area contributed by atoms with Crippen molar-refractivity contribution in [3.8, 4) is 0 Å². The molecule has 0 aromatic carbocycles. The normalized spacial score (nSPS) is 45.4. The van der Waals surface area contributed by atoms with Gasteiger partial charge in [-0.1, -0.05) is 6.92 Å². The molecule has 1 fully saturated rings. The highest BCUT2D eigenvalue weighted by molar-refractivity contribution is 6.19. The van der Waals surface area contributed by atoms with E-state index >= 15 is 0 Å². The van der Waals surface area contributed by atoms with Gasteiger partial charge in [0.15, 0.2) is 17.2 Å². The van der Waals surface area contributed by atoms with E-state index in [1.54, 1.807) is 13.8 Å². The molecule has 1 saturated carbocycles. The van der Waals surface area contributed by atoms with E-state index in [4.69, 9.17) is 0 Å². The molecule has 0 spiro atoms. The van der Waals surface area contributed by atoms with Crippen LogP contribution in [0.1, 0.15) is 46.5 Å². The number of rotatable bonds is 0. The maximum atomic E-state index is 12.8. The van der Waals surface area contributed by atoms with Crippen LogP contribution in [0.15, 0.2) is 23.3 Å². The molecule has 0 radical (unpaired) electrons. The van der Waals surface area contributed by atoms with Gasteiger partial charge in [-0.3, -0.25) is 9.59 Å². The summed E-state index contributed by atoms with van der Waals surface area (Å²) >= 11 is 0. The van der Waals surface area contributed by atoms with Gasteiger partial charge in [-0.05, 0) is 69.1 Å². The summed E-state index contributed by atoms with van der Waals surface area (Å²) in [6, 6.07) is 0. The molecule has 0 amide bonds. The van der Waals surface area contributed by atoms with Crippen LogP contribution in [0, 0.1) is 17.8 Å². The van der Waals surface area contributed by atoms with E-state index in [2.05, 4.69) is 0 Å². The Kier molecular flexibility index (Phi) is 3.46. The summed E-state index contributed by atoms with van der Waals surface area (Å²) in [7, 11) is 0. The van der Waals surface area contributed by atoms with Gasteiger partial charge in [-0.2, -0.15) is 0 Å². The molecule has 3 aliphatic rings. The standard InChI is InChI=1S/C18H24O4/c1-10-6-13-7-12(13)4-5-17(3,21)9-14-15(19)11(2)8-18(14,22)16(10)20/h8-10,12-13,21-22H,4-7H2,1-3H3. The summed E-state index contributed by atoms with van der Waals surface area (Å²) in [5.74, 6) is 0.101. The topological polar surface area (TPSA) is 74.6 Å². The van der Waals surface area contributed by atoms with Crippen molar-refractivity contribution in [1.82, 2.24) is 0 Å². The minimum absolute atomic E-state index is 0.0300. The number of carbonyl (C=O) groups excluding carboxylic acids is 2. The summed E-state index contributed by atoms with van der Waals surface area (Å²) in [6.07, 6.45) is 6.05. The third-order valence-electron chi connectivity index (χ3n) is 5.46. The fourth-order valence-electron chi connectivity index (χ4n) is 3.97. The third-order valence-corrected chi connectivity index (χ3v) is 5.46. The Hall–Kier alpha value is -1.26. The van der Waals surface area contributed by atoms with E-state index in [-0.39, 0.29) is 23.1 Å². The average molecular weight is 304 g/mol. The molecule has 2 N–H and O–H groups in total. The van der Waals surface area contributed by atoms with Gasteiger partial charge in [-0.25, -0.2) is 0 Å². The Balaban J connectivity index is 2.06. The van der Waals surface area contributed by atoms with Crippen molar-refractivity contribution in [2.45, 2.75) is 57.7 Å². The number of aliphatic hydroxyl groups is 2. The number of allylic oxidation sites excluding steroid dienone is 1. The van der Waals surface area contributed by atoms with Gasteiger partial charge in [0.05, 0.1) is 5.60 Å². The lowest BCUT2D eigenvalue weighted by atomic mass is 9.82. The van der Waals surface area contributed by atoms with Crippen molar-refractivity contribution < 1.29 is 19.8 Å². The molecule has 5 atom stereocenters. The van der Waals surface area contributed by atoms with Crippen LogP contribution < -0.4 is 0 Å². The Morgan fingerprint density at radius 3 is 2.50 bits per heavy atom. The Morgan fingerprint density at radius 1 is 1.14 bits per heavy atom. The van der Waals surface area contributed by atoms with Gasteiger partial charge < -0.3 is 10.2 Å². The molecule has 4 heteroatoms. The smallest absolute Gasteiger partial charge is 0.188 e. The highest BCUT2D eigenvalue weighted by atomic mass is 16.3. The van der Waals surface area contributed by atoms with Crippen LogP contribution in [0.2, 0.25) is 0 Å². The monoisotopic (exact) mass is 304 g/mol. The zero-order valence-corrected chi connectivity index (χ0v) is 13.4. The average Bonchev–Trinajstić information content (AvgIpc) is 3.13. The van der Waals surface area contributed by atoms with Crippen LogP contribution in [0.5, 0.6) is 0 Å². The van der Waals surface area contributed by atoms with Crippen molar-refractivity contribution >= 4 is 11.6 Å². The second-order valence-corrected chi connectivity index (χ2v) is 7.63. The first kappa shape index (κ1) is 15.6. The molecule has 0 saturated heterocycles. The fraction of sp³-hybridized carbons (Fsp3) is 0.667. The van der Waals surface area contributed by atoms with Gasteiger partial charge in [0.25, 0.3) is 0 Å². The van der Waals surface area contributed by atoms with E-state index in [9.17, 15) is 19.8 Å². The summed E-state index contributed by atoms with van der Waals surface area (Å²) in [4.78, 5) is 25.1. The highest BCUT2D eigenvalue weighted by Gasteiger charge is 2.50. The molecule has 3 aliphatic carbocycles. The summed E-state index contributed by atoms with van der Waals surface area (Å²) < 4.78 is 0. The Morgan fingerprint density at radius 2 is 1.82 bits per heavy atom. The van der Waals surface area contributed by atoms with Crippen molar-refractivity contribution in [3.05, 3.63) is 23.3 Å². The van der Waals surface area contributed by atoms with Gasteiger partial charge >= 0.3 is 0 Å². The quantitative estimate of drug-likeness (QED) is 0.717. The predicted molar refractivity (Wildman–Crippen MR) is 82.0 cm³/mol. The van der Waals surface area contributed by atoms with Crippen LogP contribution >= 0.6 is 0 Å². The molecule has 120 valence electrons.